The van der Waals surface area contributed by atoms with Gasteiger partial charge in [-0.1, -0.05) is 149 Å². The van der Waals surface area contributed by atoms with Gasteiger partial charge in [0.05, 0.1) is 48.1 Å². The minimum absolute atomic E-state index is 0.00490. The van der Waals surface area contributed by atoms with Crippen LogP contribution in [-0.4, -0.2) is 101 Å². The highest BCUT2D eigenvalue weighted by molar-refractivity contribution is 7.86. The lowest BCUT2D eigenvalue weighted by Crippen LogP contribution is -2.36. The van der Waals surface area contributed by atoms with E-state index in [1.54, 1.807) is 24.3 Å². The zero-order valence-electron chi connectivity index (χ0n) is 61.3. The molecule has 106 heavy (non-hydrogen) atoms. The van der Waals surface area contributed by atoms with E-state index in [-0.39, 0.29) is 59.0 Å². The molecule has 558 valence electrons. The van der Waals surface area contributed by atoms with Gasteiger partial charge in [-0.25, -0.2) is 8.42 Å². The second kappa shape index (κ2) is 31.8. The van der Waals surface area contributed by atoms with Crippen molar-refractivity contribution in [2.75, 3.05) is 19.0 Å². The van der Waals surface area contributed by atoms with Crippen molar-refractivity contribution in [1.82, 2.24) is 0 Å². The number of rotatable bonds is 21. The SMILES string of the molecule is CCCC1CC(CC(O)CCCC2CC(CCCC3CC(CC)OC(c4cccc(O)c4)O3)OC(c3cccc(O)c3)O2)OC(c2cccc(O/C3=C(\C=C\C4=[N+](C)c5ccc6ccccc6c5C4(C)C)c4ccccc4\C3=C/C=C3/N(C)c4ccc5ccccc5c4C3(C)C)c2)O1.O=S(=O)([O-])C(F)(F)F. The molecule has 3 saturated heterocycles. The first-order valence-electron chi connectivity index (χ1n) is 37.1. The minimum atomic E-state index is -6.09. The maximum Gasteiger partial charge on any atom is 0.485 e. The van der Waals surface area contributed by atoms with E-state index < -0.39 is 40.6 Å². The molecule has 15 nitrogen and oxygen atoms in total. The number of phenolic OH excluding ortho intramolecular Hbond substituents is 2. The molecule has 3 fully saturated rings. The Balaban J connectivity index is 0.00000118. The van der Waals surface area contributed by atoms with Crippen LogP contribution in [0.1, 0.15) is 183 Å². The zero-order valence-corrected chi connectivity index (χ0v) is 62.1. The number of fused-ring (bicyclic) bond motifs is 7. The van der Waals surface area contributed by atoms with Crippen LogP contribution in [0.2, 0.25) is 0 Å². The molecule has 14 rings (SSSR count). The van der Waals surface area contributed by atoms with E-state index in [9.17, 15) is 28.5 Å². The van der Waals surface area contributed by atoms with E-state index >= 15 is 0 Å². The topological polar surface area (TPSA) is 189 Å². The number of halogens is 3. The second-order valence-electron chi connectivity index (χ2n) is 29.8. The molecule has 8 aromatic rings. The summed E-state index contributed by atoms with van der Waals surface area (Å²) in [6, 6.07) is 57.5. The number of anilines is 1. The van der Waals surface area contributed by atoms with Gasteiger partial charge in [0.15, 0.2) is 34.7 Å². The molecule has 1 aliphatic carbocycles. The van der Waals surface area contributed by atoms with E-state index in [1.165, 1.54) is 55.5 Å². The molecule has 0 bridgehead atoms. The Bertz CT molecular complexity index is 4810. The summed E-state index contributed by atoms with van der Waals surface area (Å²) in [5.41, 5.74) is 7.86. The molecule has 19 heteroatoms. The van der Waals surface area contributed by atoms with Gasteiger partial charge in [-0.3, -0.25) is 0 Å². The Morgan fingerprint density at radius 3 is 1.71 bits per heavy atom. The van der Waals surface area contributed by atoms with Gasteiger partial charge in [0.1, 0.15) is 30.1 Å². The lowest BCUT2D eigenvalue weighted by molar-refractivity contribution is -0.401. The Labute approximate surface area is 619 Å². The predicted molar refractivity (Wildman–Crippen MR) is 406 cm³/mol. The van der Waals surface area contributed by atoms with E-state index in [4.69, 9.17) is 46.1 Å². The summed E-state index contributed by atoms with van der Waals surface area (Å²) >= 11 is 0. The van der Waals surface area contributed by atoms with Crippen LogP contribution in [0.15, 0.2) is 206 Å². The largest absolute Gasteiger partial charge is 0.741 e. The van der Waals surface area contributed by atoms with Gasteiger partial charge in [0.2, 0.25) is 5.69 Å². The minimum Gasteiger partial charge on any atom is -0.741 e. The van der Waals surface area contributed by atoms with Crippen LogP contribution in [-0.2, 0) is 49.4 Å². The van der Waals surface area contributed by atoms with Gasteiger partial charge in [-0.05, 0) is 177 Å². The number of phenols is 2. The molecule has 0 spiro atoms. The molecule has 6 aliphatic rings. The number of aliphatic hydroxyl groups is 1. The Kier molecular flexibility index (Phi) is 22.7. The molecule has 10 atom stereocenters. The zero-order chi connectivity index (χ0) is 74.8. The highest BCUT2D eigenvalue weighted by Gasteiger charge is 2.46. The quantitative estimate of drug-likeness (QED) is 0.0350. The lowest BCUT2D eigenvalue weighted by atomic mass is 9.79. The van der Waals surface area contributed by atoms with Crippen LogP contribution >= 0.6 is 0 Å². The average Bonchev–Trinajstić information content (AvgIpc) is 1.58. The maximum absolute atomic E-state index is 11.9. The summed E-state index contributed by atoms with van der Waals surface area (Å²) in [6.45, 7) is 13.7. The fraction of sp³-hybridized carbons (Fsp3) is 0.391. The van der Waals surface area contributed by atoms with Gasteiger partial charge < -0.3 is 57.9 Å². The summed E-state index contributed by atoms with van der Waals surface area (Å²) in [7, 11) is -1.72. The van der Waals surface area contributed by atoms with Crippen molar-refractivity contribution in [3.05, 3.63) is 245 Å². The van der Waals surface area contributed by atoms with Crippen LogP contribution in [0.3, 0.4) is 0 Å². The van der Waals surface area contributed by atoms with Crippen molar-refractivity contribution >= 4 is 59.9 Å². The highest BCUT2D eigenvalue weighted by Crippen LogP contribution is 2.52. The number of alkyl halides is 3. The van der Waals surface area contributed by atoms with Gasteiger partial charge in [-0.15, -0.1) is 0 Å². The summed E-state index contributed by atoms with van der Waals surface area (Å²) in [4.78, 5) is 2.35. The third-order valence-electron chi connectivity index (χ3n) is 21.7. The van der Waals surface area contributed by atoms with Crippen molar-refractivity contribution in [2.24, 2.45) is 0 Å². The van der Waals surface area contributed by atoms with Gasteiger partial charge in [-0.2, -0.15) is 17.7 Å². The van der Waals surface area contributed by atoms with Crippen LogP contribution < -0.4 is 9.64 Å². The molecule has 0 radical (unpaired) electrons. The number of hydrogen-bond acceptors (Lipinski definition) is 14. The molecule has 5 aliphatic heterocycles. The number of hydrogen-bond donors (Lipinski definition) is 3. The van der Waals surface area contributed by atoms with E-state index in [0.717, 1.165) is 109 Å². The molecule has 5 heterocycles. The third-order valence-corrected chi connectivity index (χ3v) is 22.3. The molecule has 0 saturated carbocycles. The normalized spacial score (nSPS) is 24.6. The highest BCUT2D eigenvalue weighted by atomic mass is 32.2. The van der Waals surface area contributed by atoms with Crippen molar-refractivity contribution in [1.29, 1.82) is 0 Å². The number of benzene rings is 8. The van der Waals surface area contributed by atoms with Crippen molar-refractivity contribution in [2.45, 2.75) is 203 Å². The number of allylic oxidation sites excluding steroid dienone is 7. The molecule has 0 amide bonds. The number of nitrogens with zero attached hydrogens (tertiary/aromatic N) is 2. The van der Waals surface area contributed by atoms with Gasteiger partial charge in [0, 0.05) is 88.7 Å². The molecular formula is C87H95F3N2O13S. The van der Waals surface area contributed by atoms with Gasteiger partial charge in [0.25, 0.3) is 0 Å². The third kappa shape index (κ3) is 16.3. The Morgan fingerprint density at radius 1 is 0.604 bits per heavy atom. The number of likely N-dealkylation sites (N-methyl/N-ethyl adjacent to an activating group) is 1. The predicted octanol–water partition coefficient (Wildman–Crippen LogP) is 19.4. The van der Waals surface area contributed by atoms with E-state index in [1.807, 2.05) is 36.4 Å². The lowest BCUT2D eigenvalue weighted by Gasteiger charge is -2.38. The monoisotopic (exact) mass is 1460 g/mol. The van der Waals surface area contributed by atoms with E-state index in [0.29, 0.717) is 25.0 Å². The second-order valence-corrected chi connectivity index (χ2v) is 31.2. The summed E-state index contributed by atoms with van der Waals surface area (Å²) in [5.74, 6) is 1.78. The van der Waals surface area contributed by atoms with E-state index in [2.05, 4.69) is 199 Å². The Hall–Kier alpha value is -8.47. The summed E-state index contributed by atoms with van der Waals surface area (Å²) in [5, 5.41) is 37.6. The molecule has 8 aromatic carbocycles. The van der Waals surface area contributed by atoms with Crippen LogP contribution in [0.5, 0.6) is 17.2 Å². The fourth-order valence-corrected chi connectivity index (χ4v) is 16.6. The summed E-state index contributed by atoms with van der Waals surface area (Å²) in [6.07, 6.45) is 16.3. The van der Waals surface area contributed by atoms with Crippen LogP contribution in [0.4, 0.5) is 24.5 Å². The average molecular weight is 1470 g/mol. The summed E-state index contributed by atoms with van der Waals surface area (Å²) < 4.78 is 109. The number of ether oxygens (including phenoxy) is 7. The maximum atomic E-state index is 11.9. The van der Waals surface area contributed by atoms with Crippen LogP contribution in [0, 0.1) is 0 Å². The first-order chi connectivity index (χ1) is 50.8. The van der Waals surface area contributed by atoms with Gasteiger partial charge >= 0.3 is 5.51 Å². The number of aromatic hydroxyl groups is 2. The molecule has 0 aromatic heterocycles. The van der Waals surface area contributed by atoms with Crippen molar-refractivity contribution in [3.8, 4) is 17.2 Å². The Morgan fingerprint density at radius 2 is 1.11 bits per heavy atom. The smallest absolute Gasteiger partial charge is 0.485 e. The number of aliphatic hydroxyl groups excluding tert-OH is 1. The standard InChI is InChI=1S/C86H94N2O10.CHF3O3S/c1-9-22-63-53-68(50-61(91)30-20-32-66-52-67(97-83(96-66)57-26-18-29-60(90)48-57)34-21-33-65-51-62(10-2)93-82(95-65)56-25-17-28-59(89)47-56)98-84(94-63)58-27-19-31-64(49-58)92-81-73(41-45-77-85(3,4)79-69-35-13-11-23-54(69)39-43-75(79)87(77)7)71-37-15-16-38-72(71)74(81)42-46-78-86(5,6)80-70-36-14-12-24-55(70)40-44-76(80)88(78)8;2-1(3,4)8(5,6)7/h11-19,23-29,31,35-49,61-63,65-68,82-84,91H,9-10,20-22,30,32-34,50-53H2,1-8H3,(H-,89,90);(H,5,6,7). The molecule has 10 unspecified atom stereocenters. The fourth-order valence-electron chi connectivity index (χ4n) is 16.6. The van der Waals surface area contributed by atoms with Crippen molar-refractivity contribution in [3.63, 3.8) is 0 Å². The van der Waals surface area contributed by atoms with Crippen LogP contribution in [0.25, 0.3) is 32.7 Å². The first-order valence-corrected chi connectivity index (χ1v) is 38.5. The first kappa shape index (κ1) is 75.8. The van der Waals surface area contributed by atoms with Crippen molar-refractivity contribution < 1.29 is 79.2 Å². The molecular weight excluding hydrogens is 1370 g/mol. The molecule has 3 N–H and O–H groups in total.